The minimum absolute atomic E-state index is 0.0190. The number of hydrogen-bond donors (Lipinski definition) is 3. The summed E-state index contributed by atoms with van der Waals surface area (Å²) in [5.74, 6) is 0.633. The van der Waals surface area contributed by atoms with Gasteiger partial charge in [-0.1, -0.05) is 35.9 Å². The van der Waals surface area contributed by atoms with Crippen LogP contribution in [0.4, 0.5) is 5.95 Å². The van der Waals surface area contributed by atoms with Crippen LogP contribution >= 0.6 is 11.6 Å². The molecule has 3 N–H and O–H groups in total. The Morgan fingerprint density at radius 1 is 1.11 bits per heavy atom. The highest BCUT2D eigenvalue weighted by Crippen LogP contribution is 2.24. The Kier molecular flexibility index (Phi) is 8.22. The van der Waals surface area contributed by atoms with E-state index in [2.05, 4.69) is 37.0 Å². The molecule has 0 radical (unpaired) electrons. The second-order valence-corrected chi connectivity index (χ2v) is 11.1. The number of nitrogens with one attached hydrogen (secondary N) is 2. The smallest absolute Gasteiger partial charge is 0.223 e. The number of anilines is 1. The van der Waals surface area contributed by atoms with Crippen LogP contribution in [0, 0.1) is 0 Å². The van der Waals surface area contributed by atoms with Crippen molar-refractivity contribution in [2.45, 2.75) is 31.8 Å². The van der Waals surface area contributed by atoms with Gasteiger partial charge < -0.3 is 10.4 Å². The Hall–Kier alpha value is -2.72. The molecule has 3 aromatic rings. The van der Waals surface area contributed by atoms with Crippen LogP contribution in [0.15, 0.2) is 54.7 Å². The first-order valence-corrected chi connectivity index (χ1v) is 13.9. The van der Waals surface area contributed by atoms with Gasteiger partial charge in [0.15, 0.2) is 0 Å². The van der Waals surface area contributed by atoms with Gasteiger partial charge in [-0.25, -0.2) is 23.1 Å². The van der Waals surface area contributed by atoms with Crippen LogP contribution < -0.4 is 10.0 Å². The summed E-state index contributed by atoms with van der Waals surface area (Å²) in [5, 5.41) is 13.1. The predicted molar refractivity (Wildman–Crippen MR) is 139 cm³/mol. The normalized spacial score (nSPS) is 15.3. The van der Waals surface area contributed by atoms with E-state index in [1.165, 1.54) is 11.8 Å². The number of likely N-dealkylation sites (tertiary alicyclic amines) is 1. The molecule has 0 spiro atoms. The Morgan fingerprint density at radius 2 is 1.91 bits per heavy atom. The summed E-state index contributed by atoms with van der Waals surface area (Å²) < 4.78 is 25.6. The molecular weight excluding hydrogens is 486 g/mol. The van der Waals surface area contributed by atoms with Gasteiger partial charge in [0.25, 0.3) is 0 Å². The van der Waals surface area contributed by atoms with Crippen LogP contribution in [0.2, 0.25) is 5.02 Å². The number of benzene rings is 2. The number of aromatic nitrogens is 2. The van der Waals surface area contributed by atoms with Crippen LogP contribution in [0.25, 0.3) is 11.3 Å². The first-order valence-electron chi connectivity index (χ1n) is 11.6. The van der Waals surface area contributed by atoms with E-state index in [1.807, 2.05) is 24.3 Å². The molecule has 1 aliphatic heterocycles. The zero-order chi connectivity index (χ0) is 24.8. The topological polar surface area (TPSA) is 107 Å². The Labute approximate surface area is 211 Å². The molecule has 1 aromatic heterocycles. The SMILES string of the molecule is CS(=O)(=O)NC1CCN(Cc2cccc(-c3ccnc(NCCc4ccc(O)c(Cl)c4)n3)c2)CC1. The Bertz CT molecular complexity index is 1260. The van der Waals surface area contributed by atoms with E-state index in [0.29, 0.717) is 17.5 Å². The fraction of sp³-hybridized carbons (Fsp3) is 0.360. The lowest BCUT2D eigenvalue weighted by molar-refractivity contribution is 0.200. The van der Waals surface area contributed by atoms with Crippen LogP contribution in [-0.2, 0) is 23.0 Å². The highest BCUT2D eigenvalue weighted by Gasteiger charge is 2.21. The predicted octanol–water partition coefficient (Wildman–Crippen LogP) is 3.67. The van der Waals surface area contributed by atoms with Crippen molar-refractivity contribution in [2.24, 2.45) is 0 Å². The number of piperidine rings is 1. The molecule has 186 valence electrons. The quantitative estimate of drug-likeness (QED) is 0.399. The minimum Gasteiger partial charge on any atom is -0.506 e. The highest BCUT2D eigenvalue weighted by molar-refractivity contribution is 7.88. The number of nitrogens with zero attached hydrogens (tertiary/aromatic N) is 3. The molecule has 1 aliphatic rings. The molecule has 0 saturated carbocycles. The van der Waals surface area contributed by atoms with Crippen molar-refractivity contribution in [3.63, 3.8) is 0 Å². The molecule has 0 atom stereocenters. The molecule has 1 saturated heterocycles. The summed E-state index contributed by atoms with van der Waals surface area (Å²) in [4.78, 5) is 11.4. The molecule has 10 heteroatoms. The van der Waals surface area contributed by atoms with E-state index >= 15 is 0 Å². The van der Waals surface area contributed by atoms with E-state index in [-0.39, 0.29) is 11.8 Å². The van der Waals surface area contributed by atoms with E-state index < -0.39 is 10.0 Å². The second kappa shape index (κ2) is 11.3. The van der Waals surface area contributed by atoms with Gasteiger partial charge in [0, 0.05) is 44.0 Å². The third kappa shape index (κ3) is 7.63. The summed E-state index contributed by atoms with van der Waals surface area (Å²) in [6.45, 7) is 3.15. The largest absolute Gasteiger partial charge is 0.506 e. The second-order valence-electron chi connectivity index (χ2n) is 8.87. The summed E-state index contributed by atoms with van der Waals surface area (Å²) in [7, 11) is -3.16. The first kappa shape index (κ1) is 25.4. The standard InChI is InChI=1S/C25H30ClN5O3S/c1-35(33,34)30-21-9-13-31(14-10-21)17-19-3-2-4-20(15-19)23-8-12-28-25(29-23)27-11-7-18-5-6-24(32)22(26)16-18/h2-6,8,12,15-16,21,30,32H,7,9-11,13-14,17H2,1H3,(H,27,28,29). The van der Waals surface area contributed by atoms with Gasteiger partial charge in [-0.05, 0) is 54.7 Å². The van der Waals surface area contributed by atoms with Crippen LogP contribution in [0.1, 0.15) is 24.0 Å². The van der Waals surface area contributed by atoms with Gasteiger partial charge in [-0.15, -0.1) is 0 Å². The van der Waals surface area contributed by atoms with Gasteiger partial charge in [-0.3, -0.25) is 4.90 Å². The number of hydrogen-bond acceptors (Lipinski definition) is 7. The van der Waals surface area contributed by atoms with Crippen molar-refractivity contribution in [1.29, 1.82) is 0 Å². The first-order chi connectivity index (χ1) is 16.7. The van der Waals surface area contributed by atoms with Gasteiger partial charge in [0.2, 0.25) is 16.0 Å². The number of rotatable bonds is 9. The molecule has 0 bridgehead atoms. The highest BCUT2D eigenvalue weighted by atomic mass is 35.5. The average molecular weight is 516 g/mol. The van der Waals surface area contributed by atoms with Crippen LogP contribution in [0.3, 0.4) is 0 Å². The van der Waals surface area contributed by atoms with Crippen LogP contribution in [-0.4, -0.2) is 60.3 Å². The fourth-order valence-electron chi connectivity index (χ4n) is 4.23. The maximum absolute atomic E-state index is 11.5. The Balaban J connectivity index is 1.33. The maximum atomic E-state index is 11.5. The number of sulfonamides is 1. The molecule has 35 heavy (non-hydrogen) atoms. The molecule has 0 amide bonds. The van der Waals surface area contributed by atoms with Crippen LogP contribution in [0.5, 0.6) is 5.75 Å². The van der Waals surface area contributed by atoms with E-state index in [0.717, 1.165) is 55.7 Å². The van der Waals surface area contributed by atoms with E-state index in [4.69, 9.17) is 11.6 Å². The number of phenolic OH excluding ortho intramolecular Hbond substituents is 1. The third-order valence-corrected chi connectivity index (χ3v) is 7.03. The monoisotopic (exact) mass is 515 g/mol. The van der Waals surface area contributed by atoms with E-state index in [9.17, 15) is 13.5 Å². The molecule has 4 rings (SSSR count). The maximum Gasteiger partial charge on any atom is 0.223 e. The van der Waals surface area contributed by atoms with E-state index in [1.54, 1.807) is 18.3 Å². The fourth-order valence-corrected chi connectivity index (χ4v) is 5.27. The number of halogens is 1. The lowest BCUT2D eigenvalue weighted by Gasteiger charge is -2.32. The van der Waals surface area contributed by atoms with Gasteiger partial charge >= 0.3 is 0 Å². The van der Waals surface area contributed by atoms with Crippen molar-refractivity contribution < 1.29 is 13.5 Å². The van der Waals surface area contributed by atoms with Gasteiger partial charge in [0.05, 0.1) is 17.0 Å². The number of aromatic hydroxyl groups is 1. The molecule has 0 aliphatic carbocycles. The van der Waals surface area contributed by atoms with Crippen molar-refractivity contribution >= 4 is 27.6 Å². The van der Waals surface area contributed by atoms with Crippen molar-refractivity contribution in [3.8, 4) is 17.0 Å². The molecular formula is C25H30ClN5O3S. The van der Waals surface area contributed by atoms with Crippen molar-refractivity contribution in [3.05, 3.63) is 70.9 Å². The molecule has 2 aromatic carbocycles. The third-order valence-electron chi connectivity index (χ3n) is 5.96. The molecule has 1 fully saturated rings. The lowest BCUT2D eigenvalue weighted by Crippen LogP contribution is -2.43. The molecule has 0 unspecified atom stereocenters. The summed E-state index contributed by atoms with van der Waals surface area (Å²) in [6, 6.07) is 15.4. The summed E-state index contributed by atoms with van der Waals surface area (Å²) in [5.41, 5.74) is 4.06. The average Bonchev–Trinajstić information content (AvgIpc) is 2.82. The minimum atomic E-state index is -3.16. The zero-order valence-electron chi connectivity index (χ0n) is 19.6. The summed E-state index contributed by atoms with van der Waals surface area (Å²) in [6.07, 6.45) is 5.30. The molecule has 8 nitrogen and oxygen atoms in total. The molecule has 2 heterocycles. The number of phenols is 1. The Morgan fingerprint density at radius 3 is 2.66 bits per heavy atom. The zero-order valence-corrected chi connectivity index (χ0v) is 21.2. The van der Waals surface area contributed by atoms with Gasteiger partial charge in [-0.2, -0.15) is 0 Å². The summed E-state index contributed by atoms with van der Waals surface area (Å²) >= 11 is 5.98. The van der Waals surface area contributed by atoms with Crippen molar-refractivity contribution in [1.82, 2.24) is 19.6 Å². The van der Waals surface area contributed by atoms with Crippen molar-refractivity contribution in [2.75, 3.05) is 31.2 Å². The van der Waals surface area contributed by atoms with Gasteiger partial charge in [0.1, 0.15) is 5.75 Å². The lowest BCUT2D eigenvalue weighted by atomic mass is 10.0.